The minimum atomic E-state index is -0.197. The molecule has 0 radical (unpaired) electrons. The van der Waals surface area contributed by atoms with Gasteiger partial charge in [0.25, 0.3) is 0 Å². The molecule has 0 aliphatic heterocycles. The number of carbonyl (C=O) groups is 1. The third-order valence-electron chi connectivity index (χ3n) is 5.78. The fraction of sp³-hybridized carbons (Fsp3) is 0.526. The second-order valence-electron chi connectivity index (χ2n) is 7.45. The highest BCUT2D eigenvalue weighted by molar-refractivity contribution is 6.33. The van der Waals surface area contributed by atoms with Gasteiger partial charge in [-0.15, -0.1) is 0 Å². The Balaban J connectivity index is 1.29. The summed E-state index contributed by atoms with van der Waals surface area (Å²) >= 11 is 6.14. The topological polar surface area (TPSA) is 80.0 Å². The normalized spacial score (nSPS) is 25.2. The lowest BCUT2D eigenvalue weighted by Gasteiger charge is -2.28. The first-order valence-corrected chi connectivity index (χ1v) is 9.60. The summed E-state index contributed by atoms with van der Waals surface area (Å²) in [7, 11) is 0. The number of aromatic nitrogens is 2. The van der Waals surface area contributed by atoms with Crippen LogP contribution in [-0.4, -0.2) is 22.2 Å². The van der Waals surface area contributed by atoms with E-state index < -0.39 is 0 Å². The van der Waals surface area contributed by atoms with Crippen molar-refractivity contribution in [3.8, 4) is 11.4 Å². The number of rotatable bonds is 5. The molecule has 2 bridgehead atoms. The van der Waals surface area contributed by atoms with Gasteiger partial charge in [0.05, 0.1) is 11.6 Å². The third-order valence-corrected chi connectivity index (χ3v) is 6.11. The summed E-state index contributed by atoms with van der Waals surface area (Å²) in [6.07, 6.45) is 5.27. The van der Waals surface area contributed by atoms with Gasteiger partial charge in [0.15, 0.2) is 0 Å². The molecule has 2 N–H and O–H groups in total. The SMILES string of the molecule is C[C@H](NC(=O)NCc1nc(-c2ccccc2Cl)no1)[C@H]1C[C@H]2CC[C@H]1C2. The molecule has 1 heterocycles. The highest BCUT2D eigenvalue weighted by Crippen LogP contribution is 2.49. The van der Waals surface area contributed by atoms with Crippen LogP contribution in [-0.2, 0) is 6.54 Å². The molecular weight excluding hydrogens is 352 g/mol. The van der Waals surface area contributed by atoms with Crippen molar-refractivity contribution in [1.29, 1.82) is 0 Å². The number of carbonyl (C=O) groups excluding carboxylic acids is 1. The van der Waals surface area contributed by atoms with Crippen LogP contribution in [0.1, 0.15) is 38.5 Å². The van der Waals surface area contributed by atoms with Gasteiger partial charge in [-0.05, 0) is 56.1 Å². The van der Waals surface area contributed by atoms with Crippen molar-refractivity contribution in [3.05, 3.63) is 35.2 Å². The Bertz CT molecular complexity index is 793. The lowest BCUT2D eigenvalue weighted by atomic mass is 9.84. The molecule has 2 aliphatic carbocycles. The van der Waals surface area contributed by atoms with E-state index in [1.165, 1.54) is 25.7 Å². The highest BCUT2D eigenvalue weighted by Gasteiger charge is 2.42. The van der Waals surface area contributed by atoms with E-state index in [-0.39, 0.29) is 18.6 Å². The van der Waals surface area contributed by atoms with Crippen LogP contribution in [0.4, 0.5) is 4.79 Å². The Morgan fingerprint density at radius 2 is 2.19 bits per heavy atom. The minimum absolute atomic E-state index is 0.187. The summed E-state index contributed by atoms with van der Waals surface area (Å²) in [5.74, 6) is 3.03. The number of benzene rings is 1. The molecule has 2 aromatic rings. The smallest absolute Gasteiger partial charge is 0.315 e. The van der Waals surface area contributed by atoms with Gasteiger partial charge in [-0.25, -0.2) is 4.79 Å². The number of hydrogen-bond donors (Lipinski definition) is 2. The Hall–Kier alpha value is -2.08. The zero-order chi connectivity index (χ0) is 18.1. The molecule has 26 heavy (non-hydrogen) atoms. The van der Waals surface area contributed by atoms with E-state index in [9.17, 15) is 4.79 Å². The zero-order valence-electron chi connectivity index (χ0n) is 14.7. The second-order valence-corrected chi connectivity index (χ2v) is 7.85. The first kappa shape index (κ1) is 17.3. The van der Waals surface area contributed by atoms with Crippen LogP contribution in [0.25, 0.3) is 11.4 Å². The first-order chi connectivity index (χ1) is 12.6. The number of amides is 2. The standard InChI is InChI=1S/C19H23ClN4O2/c1-11(15-9-12-6-7-13(15)8-12)22-19(25)21-10-17-23-18(24-26-17)14-4-2-3-5-16(14)20/h2-5,11-13,15H,6-10H2,1H3,(H2,21,22,25)/t11-,12-,13-,15+/m0/s1. The lowest BCUT2D eigenvalue weighted by molar-refractivity contribution is 0.218. The van der Waals surface area contributed by atoms with Crippen LogP contribution in [0, 0.1) is 17.8 Å². The highest BCUT2D eigenvalue weighted by atomic mass is 35.5. The van der Waals surface area contributed by atoms with E-state index in [1.54, 1.807) is 6.07 Å². The molecule has 2 saturated carbocycles. The summed E-state index contributed by atoms with van der Waals surface area (Å²) in [6.45, 7) is 2.29. The largest absolute Gasteiger partial charge is 0.337 e. The summed E-state index contributed by atoms with van der Waals surface area (Å²) in [5.41, 5.74) is 0.707. The van der Waals surface area contributed by atoms with Crippen LogP contribution < -0.4 is 10.6 Å². The molecule has 1 aromatic heterocycles. The Morgan fingerprint density at radius 1 is 1.35 bits per heavy atom. The predicted octanol–water partition coefficient (Wildman–Crippen LogP) is 4.01. The second kappa shape index (κ2) is 7.27. The van der Waals surface area contributed by atoms with Crippen molar-refractivity contribution in [2.75, 3.05) is 0 Å². The van der Waals surface area contributed by atoms with Crippen LogP contribution in [0.2, 0.25) is 5.02 Å². The zero-order valence-corrected chi connectivity index (χ0v) is 15.5. The van der Waals surface area contributed by atoms with E-state index in [0.717, 1.165) is 11.8 Å². The molecule has 7 heteroatoms. The van der Waals surface area contributed by atoms with E-state index in [0.29, 0.717) is 28.2 Å². The first-order valence-electron chi connectivity index (χ1n) is 9.22. The average Bonchev–Trinajstić information content (AvgIpc) is 3.37. The number of nitrogens with zero attached hydrogens (tertiary/aromatic N) is 2. The number of fused-ring (bicyclic) bond motifs is 2. The van der Waals surface area contributed by atoms with Gasteiger partial charge in [0, 0.05) is 11.6 Å². The van der Waals surface area contributed by atoms with E-state index >= 15 is 0 Å². The average molecular weight is 375 g/mol. The lowest BCUT2D eigenvalue weighted by Crippen LogP contribution is -2.45. The summed E-state index contributed by atoms with van der Waals surface area (Å²) in [6, 6.07) is 7.30. The van der Waals surface area contributed by atoms with Gasteiger partial charge in [0.1, 0.15) is 0 Å². The molecule has 1 aromatic carbocycles. The number of hydrogen-bond acceptors (Lipinski definition) is 4. The molecule has 2 aliphatic rings. The molecule has 2 amide bonds. The molecule has 4 rings (SSSR count). The van der Waals surface area contributed by atoms with Gasteiger partial charge < -0.3 is 15.2 Å². The molecular formula is C19H23ClN4O2. The number of nitrogens with one attached hydrogen (secondary N) is 2. The maximum Gasteiger partial charge on any atom is 0.315 e. The van der Waals surface area contributed by atoms with Crippen molar-refractivity contribution >= 4 is 17.6 Å². The fourth-order valence-corrected chi connectivity index (χ4v) is 4.73. The van der Waals surface area contributed by atoms with Crippen LogP contribution in [0.3, 0.4) is 0 Å². The van der Waals surface area contributed by atoms with Gasteiger partial charge >= 0.3 is 6.03 Å². The summed E-state index contributed by atoms with van der Waals surface area (Å²) in [5, 5.41) is 10.4. The van der Waals surface area contributed by atoms with Crippen molar-refractivity contribution in [1.82, 2.24) is 20.8 Å². The van der Waals surface area contributed by atoms with E-state index in [2.05, 4.69) is 27.7 Å². The molecule has 138 valence electrons. The Kier molecular flexibility index (Phi) is 4.85. The van der Waals surface area contributed by atoms with Crippen molar-refractivity contribution in [3.63, 3.8) is 0 Å². The van der Waals surface area contributed by atoms with Crippen molar-refractivity contribution < 1.29 is 9.32 Å². The van der Waals surface area contributed by atoms with Crippen molar-refractivity contribution in [2.24, 2.45) is 17.8 Å². The molecule has 0 spiro atoms. The van der Waals surface area contributed by atoms with Gasteiger partial charge in [-0.3, -0.25) is 0 Å². The fourth-order valence-electron chi connectivity index (χ4n) is 4.51. The maximum absolute atomic E-state index is 12.2. The third kappa shape index (κ3) is 3.56. The van der Waals surface area contributed by atoms with Crippen LogP contribution in [0.15, 0.2) is 28.8 Å². The van der Waals surface area contributed by atoms with Crippen LogP contribution >= 0.6 is 11.6 Å². The number of halogens is 1. The molecule has 6 nitrogen and oxygen atoms in total. The van der Waals surface area contributed by atoms with Crippen LogP contribution in [0.5, 0.6) is 0 Å². The molecule has 2 fully saturated rings. The molecule has 0 unspecified atom stereocenters. The van der Waals surface area contributed by atoms with E-state index in [1.807, 2.05) is 18.2 Å². The maximum atomic E-state index is 12.2. The molecule has 0 saturated heterocycles. The number of urea groups is 1. The monoisotopic (exact) mass is 374 g/mol. The summed E-state index contributed by atoms with van der Waals surface area (Å²) in [4.78, 5) is 16.5. The quantitative estimate of drug-likeness (QED) is 0.828. The Labute approximate surface area is 157 Å². The van der Waals surface area contributed by atoms with Gasteiger partial charge in [0.2, 0.25) is 11.7 Å². The molecule has 4 atom stereocenters. The summed E-state index contributed by atoms with van der Waals surface area (Å²) < 4.78 is 5.21. The minimum Gasteiger partial charge on any atom is -0.337 e. The van der Waals surface area contributed by atoms with Crippen molar-refractivity contribution in [2.45, 2.75) is 45.2 Å². The van der Waals surface area contributed by atoms with Gasteiger partial charge in [-0.2, -0.15) is 4.98 Å². The predicted molar refractivity (Wildman–Crippen MR) is 98.5 cm³/mol. The Morgan fingerprint density at radius 3 is 2.92 bits per heavy atom. The van der Waals surface area contributed by atoms with Gasteiger partial charge in [-0.1, -0.05) is 35.3 Å². The van der Waals surface area contributed by atoms with E-state index in [4.69, 9.17) is 16.1 Å².